The van der Waals surface area contributed by atoms with Crippen LogP contribution in [-0.2, 0) is 14.1 Å². The van der Waals surface area contributed by atoms with Crippen molar-refractivity contribution in [2.45, 2.75) is 25.7 Å². The summed E-state index contributed by atoms with van der Waals surface area (Å²) in [5.74, 6) is 0.769. The molecule has 1 aromatic carbocycles. The minimum Gasteiger partial charge on any atom is -0.295 e. The van der Waals surface area contributed by atoms with E-state index >= 15 is 0 Å². The van der Waals surface area contributed by atoms with E-state index in [4.69, 9.17) is 0 Å². The third kappa shape index (κ3) is 1.91. The van der Waals surface area contributed by atoms with Crippen molar-refractivity contribution in [3.63, 3.8) is 0 Å². The van der Waals surface area contributed by atoms with Crippen LogP contribution in [0.3, 0.4) is 0 Å². The molecule has 0 aliphatic heterocycles. The van der Waals surface area contributed by atoms with E-state index in [9.17, 15) is 9.59 Å². The van der Waals surface area contributed by atoms with Crippen molar-refractivity contribution >= 4 is 16.8 Å². The van der Waals surface area contributed by atoms with E-state index in [1.807, 2.05) is 18.2 Å². The number of nitrogens with zero attached hydrogens (tertiary/aromatic N) is 2. The largest absolute Gasteiger partial charge is 0.328 e. The molecule has 0 amide bonds. The predicted octanol–water partition coefficient (Wildman–Crippen LogP) is 2.25. The van der Waals surface area contributed by atoms with E-state index in [2.05, 4.69) is 0 Å². The number of hydrogen-bond donors (Lipinski definition) is 0. The van der Waals surface area contributed by atoms with Crippen molar-refractivity contribution in [3.05, 3.63) is 34.2 Å². The Bertz CT molecular complexity index is 705. The fourth-order valence-corrected chi connectivity index (χ4v) is 2.76. The Morgan fingerprint density at radius 2 is 1.89 bits per heavy atom. The highest BCUT2D eigenvalue weighted by Crippen LogP contribution is 2.30. The van der Waals surface area contributed by atoms with Gasteiger partial charge < -0.3 is 0 Å². The number of carbonyl (C=O) groups excluding carboxylic acids is 1. The van der Waals surface area contributed by atoms with Gasteiger partial charge in [0.15, 0.2) is 5.78 Å². The van der Waals surface area contributed by atoms with Crippen LogP contribution in [0.5, 0.6) is 0 Å². The molecule has 0 unspecified atom stereocenters. The molecule has 1 aliphatic rings. The Kier molecular flexibility index (Phi) is 2.81. The zero-order valence-corrected chi connectivity index (χ0v) is 11.3. The molecular weight excluding hydrogens is 240 g/mol. The van der Waals surface area contributed by atoms with Crippen LogP contribution in [0.15, 0.2) is 23.0 Å². The van der Waals surface area contributed by atoms with Gasteiger partial charge in [-0.1, -0.05) is 19.3 Å². The summed E-state index contributed by atoms with van der Waals surface area (Å²) in [5.41, 5.74) is 2.36. The maximum Gasteiger partial charge on any atom is 0.328 e. The van der Waals surface area contributed by atoms with Gasteiger partial charge in [-0.25, -0.2) is 4.79 Å². The molecule has 0 N–H and O–H groups in total. The lowest BCUT2D eigenvalue weighted by Gasteiger charge is -2.24. The molecule has 0 radical (unpaired) electrons. The summed E-state index contributed by atoms with van der Waals surface area (Å²) in [6.45, 7) is 0. The van der Waals surface area contributed by atoms with Crippen LogP contribution in [0.4, 0.5) is 0 Å². The maximum absolute atomic E-state index is 12.2. The third-order valence-electron chi connectivity index (χ3n) is 4.29. The third-order valence-corrected chi connectivity index (χ3v) is 4.29. The molecule has 19 heavy (non-hydrogen) atoms. The number of rotatable bonds is 3. The quantitative estimate of drug-likeness (QED) is 0.793. The first-order valence-corrected chi connectivity index (χ1v) is 6.76. The SMILES string of the molecule is Cn1c(=O)n(C)c2cc(C(=O)CC3CCC3)ccc21. The monoisotopic (exact) mass is 258 g/mol. The molecule has 100 valence electrons. The summed E-state index contributed by atoms with van der Waals surface area (Å²) in [6.07, 6.45) is 4.26. The Labute approximate surface area is 111 Å². The number of Topliss-reactive ketones (excluding diaryl/α,β-unsaturated/α-hetero) is 1. The topological polar surface area (TPSA) is 44.0 Å². The van der Waals surface area contributed by atoms with Crippen molar-refractivity contribution < 1.29 is 4.79 Å². The highest BCUT2D eigenvalue weighted by Gasteiger charge is 2.21. The van der Waals surface area contributed by atoms with Gasteiger partial charge in [0.25, 0.3) is 0 Å². The first-order valence-electron chi connectivity index (χ1n) is 6.76. The van der Waals surface area contributed by atoms with Crippen LogP contribution in [-0.4, -0.2) is 14.9 Å². The second-order valence-corrected chi connectivity index (χ2v) is 5.53. The molecule has 1 aromatic heterocycles. The number of ketones is 1. The summed E-state index contributed by atoms with van der Waals surface area (Å²) in [7, 11) is 3.49. The molecule has 1 saturated carbocycles. The fraction of sp³-hybridized carbons (Fsp3) is 0.467. The maximum atomic E-state index is 12.2. The zero-order valence-electron chi connectivity index (χ0n) is 11.3. The molecule has 1 aliphatic carbocycles. The molecule has 1 fully saturated rings. The lowest BCUT2D eigenvalue weighted by molar-refractivity contribution is 0.0936. The first-order chi connectivity index (χ1) is 9.08. The first kappa shape index (κ1) is 12.2. The van der Waals surface area contributed by atoms with Gasteiger partial charge in [0, 0.05) is 26.1 Å². The van der Waals surface area contributed by atoms with Gasteiger partial charge >= 0.3 is 5.69 Å². The van der Waals surface area contributed by atoms with Gasteiger partial charge in [0.05, 0.1) is 11.0 Å². The molecule has 2 aromatic rings. The molecule has 3 rings (SSSR count). The standard InChI is InChI=1S/C15H18N2O2/c1-16-12-7-6-11(9-13(12)17(2)15(16)19)14(18)8-10-4-3-5-10/h6-7,9-10H,3-5,8H2,1-2H3. The van der Waals surface area contributed by atoms with Crippen molar-refractivity contribution in [3.8, 4) is 0 Å². The van der Waals surface area contributed by atoms with Crippen LogP contribution in [0.25, 0.3) is 11.0 Å². The van der Waals surface area contributed by atoms with Crippen molar-refractivity contribution in [1.82, 2.24) is 9.13 Å². The van der Waals surface area contributed by atoms with Crippen molar-refractivity contribution in [2.75, 3.05) is 0 Å². The smallest absolute Gasteiger partial charge is 0.295 e. The molecule has 0 spiro atoms. The second kappa shape index (κ2) is 4.37. The van der Waals surface area contributed by atoms with E-state index in [1.165, 1.54) is 19.3 Å². The van der Waals surface area contributed by atoms with E-state index in [-0.39, 0.29) is 11.5 Å². The lowest BCUT2D eigenvalue weighted by atomic mass is 9.81. The molecule has 0 bridgehead atoms. The highest BCUT2D eigenvalue weighted by molar-refractivity contribution is 5.99. The average Bonchev–Trinajstić information content (AvgIpc) is 2.58. The Hall–Kier alpha value is -1.84. The van der Waals surface area contributed by atoms with Crippen LogP contribution in [0.2, 0.25) is 0 Å². The van der Waals surface area contributed by atoms with E-state index in [0.717, 1.165) is 16.6 Å². The van der Waals surface area contributed by atoms with E-state index < -0.39 is 0 Å². The summed E-state index contributed by atoms with van der Waals surface area (Å²) in [5, 5.41) is 0. The normalized spacial score (nSPS) is 15.7. The highest BCUT2D eigenvalue weighted by atomic mass is 16.1. The average molecular weight is 258 g/mol. The minimum absolute atomic E-state index is 0.0569. The Balaban J connectivity index is 1.99. The summed E-state index contributed by atoms with van der Waals surface area (Å²) >= 11 is 0. The van der Waals surface area contributed by atoms with E-state index in [0.29, 0.717) is 12.3 Å². The number of benzene rings is 1. The van der Waals surface area contributed by atoms with Crippen molar-refractivity contribution in [1.29, 1.82) is 0 Å². The number of carbonyl (C=O) groups is 1. The summed E-state index contributed by atoms with van der Waals surface area (Å²) in [4.78, 5) is 24.0. The van der Waals surface area contributed by atoms with Gasteiger partial charge in [-0.05, 0) is 24.1 Å². The molecule has 0 atom stereocenters. The molecule has 4 heteroatoms. The molecule has 0 saturated heterocycles. The van der Waals surface area contributed by atoms with Crippen LogP contribution >= 0.6 is 0 Å². The Morgan fingerprint density at radius 1 is 1.21 bits per heavy atom. The Morgan fingerprint density at radius 3 is 2.53 bits per heavy atom. The van der Waals surface area contributed by atoms with Crippen LogP contribution < -0.4 is 5.69 Å². The molecule has 1 heterocycles. The van der Waals surface area contributed by atoms with Gasteiger partial charge in [0.2, 0.25) is 0 Å². The van der Waals surface area contributed by atoms with Gasteiger partial charge in [-0.2, -0.15) is 0 Å². The van der Waals surface area contributed by atoms with Crippen molar-refractivity contribution in [2.24, 2.45) is 20.0 Å². The number of fused-ring (bicyclic) bond motifs is 1. The lowest BCUT2D eigenvalue weighted by Crippen LogP contribution is -2.19. The zero-order chi connectivity index (χ0) is 13.6. The van der Waals surface area contributed by atoms with E-state index in [1.54, 1.807) is 23.2 Å². The van der Waals surface area contributed by atoms with Gasteiger partial charge in [-0.3, -0.25) is 13.9 Å². The second-order valence-electron chi connectivity index (χ2n) is 5.53. The predicted molar refractivity (Wildman–Crippen MR) is 74.4 cm³/mol. The van der Waals surface area contributed by atoms with Gasteiger partial charge in [0.1, 0.15) is 0 Å². The summed E-state index contributed by atoms with van der Waals surface area (Å²) < 4.78 is 3.20. The summed E-state index contributed by atoms with van der Waals surface area (Å²) in [6, 6.07) is 5.55. The molecule has 4 nitrogen and oxygen atoms in total. The number of aryl methyl sites for hydroxylation is 2. The molecular formula is C15H18N2O2. The fourth-order valence-electron chi connectivity index (χ4n) is 2.76. The van der Waals surface area contributed by atoms with Crippen LogP contribution in [0, 0.1) is 5.92 Å². The number of imidazole rings is 1. The minimum atomic E-state index is -0.0569. The van der Waals surface area contributed by atoms with Gasteiger partial charge in [-0.15, -0.1) is 0 Å². The number of hydrogen-bond acceptors (Lipinski definition) is 2. The van der Waals surface area contributed by atoms with Crippen LogP contribution in [0.1, 0.15) is 36.0 Å². The number of aromatic nitrogens is 2.